The van der Waals surface area contributed by atoms with E-state index in [1.54, 1.807) is 24.3 Å². The molecule has 1 aromatic rings. The molecule has 7 heteroatoms. The number of nitrogens with one attached hydrogen (secondary N) is 3. The first-order chi connectivity index (χ1) is 13.5. The molecule has 0 aromatic heterocycles. The van der Waals surface area contributed by atoms with Crippen LogP contribution in [0.2, 0.25) is 0 Å². The van der Waals surface area contributed by atoms with Gasteiger partial charge < -0.3 is 21.1 Å². The predicted octanol–water partition coefficient (Wildman–Crippen LogP) is 2.03. The number of carbonyl (C=O) groups excluding carboxylic acids is 3. The summed E-state index contributed by atoms with van der Waals surface area (Å²) in [6.07, 6.45) is 6.05. The average Bonchev–Trinajstić information content (AvgIpc) is 2.68. The summed E-state index contributed by atoms with van der Waals surface area (Å²) in [7, 11) is 1.48. The lowest BCUT2D eigenvalue weighted by Gasteiger charge is -2.17. The number of benzene rings is 1. The summed E-state index contributed by atoms with van der Waals surface area (Å²) in [5.74, 6) is -0.687. The lowest BCUT2D eigenvalue weighted by atomic mass is 10.1. The van der Waals surface area contributed by atoms with Gasteiger partial charge in [-0.15, -0.1) is 0 Å². The largest absolute Gasteiger partial charge is 0.508 e. The molecule has 3 amide bonds. The number of likely N-dealkylation sites (N-methyl/N-ethyl adjacent to an activating group) is 1. The van der Waals surface area contributed by atoms with E-state index >= 15 is 0 Å². The van der Waals surface area contributed by atoms with Crippen LogP contribution >= 0.6 is 0 Å². The van der Waals surface area contributed by atoms with Crippen LogP contribution in [-0.4, -0.2) is 42.5 Å². The number of rotatable bonds is 13. The third-order valence-electron chi connectivity index (χ3n) is 4.47. The third-order valence-corrected chi connectivity index (χ3v) is 4.47. The second kappa shape index (κ2) is 13.6. The number of amides is 3. The van der Waals surface area contributed by atoms with E-state index in [4.69, 9.17) is 0 Å². The fourth-order valence-electron chi connectivity index (χ4n) is 2.81. The SMILES string of the molecule is CCCCCCCC(=O)N[C@H](CC(=O)NCCc1ccc(O)cc1)C(=O)NC. The summed E-state index contributed by atoms with van der Waals surface area (Å²) >= 11 is 0. The maximum absolute atomic E-state index is 12.1. The normalized spacial score (nSPS) is 11.5. The molecule has 0 unspecified atom stereocenters. The van der Waals surface area contributed by atoms with Crippen LogP contribution in [0.15, 0.2) is 24.3 Å². The Kier molecular flexibility index (Phi) is 11.4. The molecule has 4 N–H and O–H groups in total. The number of unbranched alkanes of at least 4 members (excludes halogenated alkanes) is 4. The topological polar surface area (TPSA) is 108 Å². The Balaban J connectivity index is 2.38. The minimum atomic E-state index is -0.873. The van der Waals surface area contributed by atoms with Crippen LogP contribution in [-0.2, 0) is 20.8 Å². The van der Waals surface area contributed by atoms with Crippen molar-refractivity contribution in [3.63, 3.8) is 0 Å². The molecule has 0 fully saturated rings. The van der Waals surface area contributed by atoms with Crippen molar-refractivity contribution in [1.29, 1.82) is 0 Å². The van der Waals surface area contributed by atoms with Gasteiger partial charge in [0.15, 0.2) is 0 Å². The zero-order valence-electron chi connectivity index (χ0n) is 16.9. The summed E-state index contributed by atoms with van der Waals surface area (Å²) in [4.78, 5) is 36.2. The molecule has 0 bridgehead atoms. The van der Waals surface area contributed by atoms with Crippen molar-refractivity contribution in [3.8, 4) is 5.75 Å². The fraction of sp³-hybridized carbons (Fsp3) is 0.571. The molecule has 0 aliphatic carbocycles. The molecule has 1 atom stereocenters. The number of phenolic OH excluding ortho intramolecular Hbond substituents is 1. The quantitative estimate of drug-likeness (QED) is 0.386. The summed E-state index contributed by atoms with van der Waals surface area (Å²) < 4.78 is 0. The maximum Gasteiger partial charge on any atom is 0.242 e. The van der Waals surface area contributed by atoms with Crippen molar-refractivity contribution >= 4 is 17.7 Å². The van der Waals surface area contributed by atoms with Crippen LogP contribution in [0, 0.1) is 0 Å². The number of carbonyl (C=O) groups is 3. The van der Waals surface area contributed by atoms with Crippen molar-refractivity contribution in [3.05, 3.63) is 29.8 Å². The highest BCUT2D eigenvalue weighted by atomic mass is 16.3. The van der Waals surface area contributed by atoms with Crippen molar-refractivity contribution < 1.29 is 19.5 Å². The van der Waals surface area contributed by atoms with Crippen molar-refractivity contribution in [1.82, 2.24) is 16.0 Å². The molecule has 0 spiro atoms. The van der Waals surface area contributed by atoms with E-state index in [-0.39, 0.29) is 29.9 Å². The van der Waals surface area contributed by atoms with Gasteiger partial charge in [0.25, 0.3) is 0 Å². The van der Waals surface area contributed by atoms with Gasteiger partial charge in [0.2, 0.25) is 17.7 Å². The van der Waals surface area contributed by atoms with Crippen LogP contribution in [0.25, 0.3) is 0 Å². The van der Waals surface area contributed by atoms with Crippen LogP contribution in [0.4, 0.5) is 0 Å². The highest BCUT2D eigenvalue weighted by molar-refractivity contribution is 5.91. The third kappa shape index (κ3) is 9.94. The van der Waals surface area contributed by atoms with Gasteiger partial charge in [-0.05, 0) is 30.5 Å². The molecule has 0 heterocycles. The van der Waals surface area contributed by atoms with Gasteiger partial charge in [0, 0.05) is 20.0 Å². The smallest absolute Gasteiger partial charge is 0.242 e. The van der Waals surface area contributed by atoms with Gasteiger partial charge in [-0.2, -0.15) is 0 Å². The van der Waals surface area contributed by atoms with E-state index < -0.39 is 6.04 Å². The molecule has 0 radical (unpaired) electrons. The van der Waals surface area contributed by atoms with Gasteiger partial charge in [-0.25, -0.2) is 0 Å². The lowest BCUT2D eigenvalue weighted by Crippen LogP contribution is -2.48. The fourth-order valence-corrected chi connectivity index (χ4v) is 2.81. The monoisotopic (exact) mass is 391 g/mol. The lowest BCUT2D eigenvalue weighted by molar-refractivity contribution is -0.131. The Morgan fingerprint density at radius 2 is 1.68 bits per heavy atom. The van der Waals surface area contributed by atoms with Crippen molar-refractivity contribution in [2.75, 3.05) is 13.6 Å². The maximum atomic E-state index is 12.1. The Bertz CT molecular complexity index is 617. The molecule has 0 aliphatic rings. The van der Waals surface area contributed by atoms with Gasteiger partial charge in [-0.3, -0.25) is 14.4 Å². The van der Waals surface area contributed by atoms with Crippen LogP contribution in [0.5, 0.6) is 5.75 Å². The second-order valence-corrected chi connectivity index (χ2v) is 6.87. The average molecular weight is 392 g/mol. The summed E-state index contributed by atoms with van der Waals surface area (Å²) in [6, 6.07) is 5.89. The zero-order chi connectivity index (χ0) is 20.8. The minimum absolute atomic E-state index is 0.100. The number of hydrogen-bond acceptors (Lipinski definition) is 4. The number of hydrogen-bond donors (Lipinski definition) is 4. The van der Waals surface area contributed by atoms with Gasteiger partial charge in [-0.1, -0.05) is 44.7 Å². The molecule has 1 rings (SSSR count). The van der Waals surface area contributed by atoms with Gasteiger partial charge in [0.1, 0.15) is 11.8 Å². The van der Waals surface area contributed by atoms with Gasteiger partial charge in [0.05, 0.1) is 6.42 Å². The Morgan fingerprint density at radius 3 is 2.32 bits per heavy atom. The summed E-state index contributed by atoms with van der Waals surface area (Å²) in [6.45, 7) is 2.55. The Morgan fingerprint density at radius 1 is 1.00 bits per heavy atom. The van der Waals surface area contributed by atoms with Crippen LogP contribution < -0.4 is 16.0 Å². The second-order valence-electron chi connectivity index (χ2n) is 6.87. The molecule has 1 aromatic carbocycles. The highest BCUT2D eigenvalue weighted by Gasteiger charge is 2.22. The highest BCUT2D eigenvalue weighted by Crippen LogP contribution is 2.09. The van der Waals surface area contributed by atoms with E-state index in [1.165, 1.54) is 7.05 Å². The van der Waals surface area contributed by atoms with E-state index in [9.17, 15) is 19.5 Å². The standard InChI is InChI=1S/C21H33N3O4/c1-3-4-5-6-7-8-19(26)24-18(21(28)22-2)15-20(27)23-14-13-16-9-11-17(25)12-10-16/h9-12,18,25H,3-8,13-15H2,1-2H3,(H,22,28)(H,23,27)(H,24,26)/t18-/m1/s1. The zero-order valence-corrected chi connectivity index (χ0v) is 16.9. The number of phenols is 1. The molecular weight excluding hydrogens is 358 g/mol. The van der Waals surface area contributed by atoms with E-state index in [2.05, 4.69) is 22.9 Å². The molecule has 7 nitrogen and oxygen atoms in total. The molecule has 0 aliphatic heterocycles. The number of aromatic hydroxyl groups is 1. The van der Waals surface area contributed by atoms with Crippen molar-refractivity contribution in [2.24, 2.45) is 0 Å². The first-order valence-corrected chi connectivity index (χ1v) is 10.0. The molecule has 156 valence electrons. The molecular formula is C21H33N3O4. The van der Waals surface area contributed by atoms with Crippen LogP contribution in [0.3, 0.4) is 0 Å². The first kappa shape index (κ1) is 23.5. The van der Waals surface area contributed by atoms with E-state index in [0.29, 0.717) is 19.4 Å². The molecule has 28 heavy (non-hydrogen) atoms. The molecule has 0 saturated heterocycles. The first-order valence-electron chi connectivity index (χ1n) is 10.0. The van der Waals surface area contributed by atoms with Crippen molar-refractivity contribution in [2.45, 2.75) is 64.3 Å². The predicted molar refractivity (Wildman–Crippen MR) is 109 cm³/mol. The Labute approximate surface area is 167 Å². The van der Waals surface area contributed by atoms with Gasteiger partial charge >= 0.3 is 0 Å². The minimum Gasteiger partial charge on any atom is -0.508 e. The van der Waals surface area contributed by atoms with Crippen LogP contribution in [0.1, 0.15) is 57.4 Å². The summed E-state index contributed by atoms with van der Waals surface area (Å²) in [5.41, 5.74) is 0.984. The Hall–Kier alpha value is -2.57. The summed E-state index contributed by atoms with van der Waals surface area (Å²) in [5, 5.41) is 17.2. The van der Waals surface area contributed by atoms with E-state index in [0.717, 1.165) is 37.7 Å². The molecule has 0 saturated carbocycles. The van der Waals surface area contributed by atoms with E-state index in [1.807, 2.05) is 0 Å².